The molecule has 4 rings (SSSR count). The van der Waals surface area contributed by atoms with Crippen LogP contribution in [0.3, 0.4) is 0 Å². The first-order valence-electron chi connectivity index (χ1n) is 7.59. The number of halogens is 1. The van der Waals surface area contributed by atoms with Gasteiger partial charge in [0, 0.05) is 27.9 Å². The quantitative estimate of drug-likeness (QED) is 0.658. The van der Waals surface area contributed by atoms with Crippen molar-refractivity contribution in [2.75, 3.05) is 6.54 Å². The molecule has 0 aliphatic carbocycles. The number of nitrogens with zero attached hydrogens (tertiary/aromatic N) is 3. The average Bonchev–Trinajstić information content (AvgIpc) is 3.30. The number of hydrogen-bond donors (Lipinski definition) is 0. The summed E-state index contributed by atoms with van der Waals surface area (Å²) in [7, 11) is 0. The maximum absolute atomic E-state index is 12.2. The van der Waals surface area contributed by atoms with E-state index in [2.05, 4.69) is 26.1 Å². The Morgan fingerprint density at radius 3 is 3.04 bits per heavy atom. The van der Waals surface area contributed by atoms with Gasteiger partial charge in [-0.3, -0.25) is 4.79 Å². The Kier molecular flexibility index (Phi) is 4.20. The number of thiophene rings is 1. The first kappa shape index (κ1) is 15.5. The molecule has 24 heavy (non-hydrogen) atoms. The van der Waals surface area contributed by atoms with E-state index in [1.807, 2.05) is 46.7 Å². The zero-order valence-electron chi connectivity index (χ0n) is 12.7. The lowest BCUT2D eigenvalue weighted by Gasteiger charge is -2.14. The fraction of sp³-hybridized carbons (Fsp3) is 0.235. The van der Waals surface area contributed by atoms with Gasteiger partial charge in [-0.05, 0) is 23.6 Å². The summed E-state index contributed by atoms with van der Waals surface area (Å²) in [5.41, 5.74) is 0.888. The minimum atomic E-state index is -0.0362. The van der Waals surface area contributed by atoms with Crippen molar-refractivity contribution in [2.24, 2.45) is 0 Å². The highest BCUT2D eigenvalue weighted by Gasteiger charge is 2.34. The number of carbonyl (C=O) groups is 1. The van der Waals surface area contributed by atoms with Gasteiger partial charge in [-0.2, -0.15) is 4.98 Å². The molecule has 1 aliphatic heterocycles. The predicted octanol–water partition coefficient (Wildman–Crippen LogP) is 4.08. The van der Waals surface area contributed by atoms with Crippen LogP contribution in [0.4, 0.5) is 0 Å². The van der Waals surface area contributed by atoms with Crippen molar-refractivity contribution < 1.29 is 9.32 Å². The van der Waals surface area contributed by atoms with Gasteiger partial charge in [0.2, 0.25) is 17.6 Å². The van der Waals surface area contributed by atoms with Crippen LogP contribution in [0, 0.1) is 0 Å². The molecule has 5 nitrogen and oxygen atoms in total. The molecule has 3 aromatic rings. The van der Waals surface area contributed by atoms with E-state index in [-0.39, 0.29) is 11.8 Å². The van der Waals surface area contributed by atoms with E-state index >= 15 is 0 Å². The molecule has 1 unspecified atom stereocenters. The lowest BCUT2D eigenvalue weighted by molar-refractivity contribution is -0.128. The molecule has 7 heteroatoms. The topological polar surface area (TPSA) is 59.2 Å². The highest BCUT2D eigenvalue weighted by Crippen LogP contribution is 2.30. The van der Waals surface area contributed by atoms with Crippen LogP contribution in [0.25, 0.3) is 11.4 Å². The maximum Gasteiger partial charge on any atom is 0.232 e. The second-order valence-electron chi connectivity index (χ2n) is 5.72. The summed E-state index contributed by atoms with van der Waals surface area (Å²) in [5.74, 6) is 1.18. The van der Waals surface area contributed by atoms with Gasteiger partial charge in [-0.15, -0.1) is 11.3 Å². The van der Waals surface area contributed by atoms with E-state index in [9.17, 15) is 4.79 Å². The summed E-state index contributed by atoms with van der Waals surface area (Å²) < 4.78 is 6.38. The van der Waals surface area contributed by atoms with E-state index in [0.29, 0.717) is 31.2 Å². The third-order valence-electron chi connectivity index (χ3n) is 4.02. The summed E-state index contributed by atoms with van der Waals surface area (Å²) in [6, 6.07) is 11.8. The molecule has 1 atom stereocenters. The molecule has 0 N–H and O–H groups in total. The van der Waals surface area contributed by atoms with Crippen molar-refractivity contribution in [3.05, 3.63) is 57.0 Å². The molecule has 122 valence electrons. The highest BCUT2D eigenvalue weighted by atomic mass is 79.9. The predicted molar refractivity (Wildman–Crippen MR) is 94.5 cm³/mol. The number of carbonyl (C=O) groups excluding carboxylic acids is 1. The summed E-state index contributed by atoms with van der Waals surface area (Å²) in [6.45, 7) is 1.27. The van der Waals surface area contributed by atoms with Crippen molar-refractivity contribution in [1.29, 1.82) is 0 Å². The van der Waals surface area contributed by atoms with Crippen molar-refractivity contribution in [3.8, 4) is 11.4 Å². The molecular weight excluding hydrogens is 390 g/mol. The number of benzene rings is 1. The van der Waals surface area contributed by atoms with Crippen LogP contribution < -0.4 is 0 Å². The molecule has 0 spiro atoms. The monoisotopic (exact) mass is 403 g/mol. The molecule has 1 saturated heterocycles. The van der Waals surface area contributed by atoms with Crippen LogP contribution in [0.5, 0.6) is 0 Å². The molecule has 1 aliphatic rings. The van der Waals surface area contributed by atoms with Crippen LogP contribution in [0.2, 0.25) is 0 Å². The van der Waals surface area contributed by atoms with Gasteiger partial charge in [0.25, 0.3) is 0 Å². The third kappa shape index (κ3) is 3.14. The zero-order chi connectivity index (χ0) is 16.5. The Hall–Kier alpha value is -1.99. The number of likely N-dealkylation sites (tertiary alicyclic amines) is 1. The van der Waals surface area contributed by atoms with Crippen LogP contribution in [-0.2, 0) is 11.3 Å². The zero-order valence-corrected chi connectivity index (χ0v) is 15.1. The maximum atomic E-state index is 12.2. The Morgan fingerprint density at radius 2 is 2.25 bits per heavy atom. The van der Waals surface area contributed by atoms with Crippen molar-refractivity contribution in [2.45, 2.75) is 18.9 Å². The Balaban J connectivity index is 1.50. The molecule has 0 radical (unpaired) electrons. The molecule has 2 aromatic heterocycles. The van der Waals surface area contributed by atoms with Crippen molar-refractivity contribution in [1.82, 2.24) is 15.0 Å². The molecule has 1 fully saturated rings. The summed E-state index contributed by atoms with van der Waals surface area (Å²) in [6.07, 6.45) is 0.422. The molecule has 1 amide bonds. The van der Waals surface area contributed by atoms with Crippen LogP contribution >= 0.6 is 27.3 Å². The minimum Gasteiger partial charge on any atom is -0.339 e. The first-order chi connectivity index (χ1) is 11.7. The fourth-order valence-corrected chi connectivity index (χ4v) is 3.95. The van der Waals surface area contributed by atoms with E-state index in [4.69, 9.17) is 4.52 Å². The largest absolute Gasteiger partial charge is 0.339 e. The number of hydrogen-bond acceptors (Lipinski definition) is 5. The Labute approximate surface area is 151 Å². The Morgan fingerprint density at radius 1 is 1.33 bits per heavy atom. The Bertz CT molecular complexity index is 862. The van der Waals surface area contributed by atoms with E-state index in [0.717, 1.165) is 10.0 Å². The van der Waals surface area contributed by atoms with Crippen molar-refractivity contribution in [3.63, 3.8) is 0 Å². The van der Waals surface area contributed by atoms with Gasteiger partial charge in [0.1, 0.15) is 0 Å². The van der Waals surface area contributed by atoms with Gasteiger partial charge in [0.05, 0.1) is 12.5 Å². The van der Waals surface area contributed by atoms with E-state index in [1.165, 1.54) is 4.88 Å². The molecule has 1 aromatic carbocycles. The molecule has 0 saturated carbocycles. The lowest BCUT2D eigenvalue weighted by atomic mass is 10.1. The SMILES string of the molecule is O=C1CC(c2nc(-c3cccc(Br)c3)no2)CN1Cc1cccs1. The molecule has 0 bridgehead atoms. The van der Waals surface area contributed by atoms with Gasteiger partial charge in [-0.25, -0.2) is 0 Å². The minimum absolute atomic E-state index is 0.0362. The summed E-state index contributed by atoms with van der Waals surface area (Å²) >= 11 is 5.10. The molecular formula is C17H14BrN3O2S. The van der Waals surface area contributed by atoms with Gasteiger partial charge in [0.15, 0.2) is 0 Å². The van der Waals surface area contributed by atoms with Gasteiger partial charge in [-0.1, -0.05) is 39.3 Å². The van der Waals surface area contributed by atoms with Crippen molar-refractivity contribution >= 4 is 33.2 Å². The second-order valence-corrected chi connectivity index (χ2v) is 7.67. The van der Waals surface area contributed by atoms with E-state index < -0.39 is 0 Å². The van der Waals surface area contributed by atoms with Crippen LogP contribution in [0.15, 0.2) is 50.8 Å². The second kappa shape index (κ2) is 6.49. The molecule has 3 heterocycles. The summed E-state index contributed by atoms with van der Waals surface area (Å²) in [5, 5.41) is 6.09. The van der Waals surface area contributed by atoms with Crippen LogP contribution in [-0.4, -0.2) is 27.5 Å². The number of amides is 1. The first-order valence-corrected chi connectivity index (χ1v) is 9.26. The normalized spacial score (nSPS) is 17.6. The van der Waals surface area contributed by atoms with E-state index in [1.54, 1.807) is 11.3 Å². The standard InChI is InChI=1S/C17H14BrN3O2S/c18-13-4-1-3-11(7-13)16-19-17(23-20-16)12-8-15(22)21(9-12)10-14-5-2-6-24-14/h1-7,12H,8-10H2. The average molecular weight is 404 g/mol. The van der Waals surface area contributed by atoms with Gasteiger partial charge < -0.3 is 9.42 Å². The third-order valence-corrected chi connectivity index (χ3v) is 5.37. The number of aromatic nitrogens is 2. The number of rotatable bonds is 4. The van der Waals surface area contributed by atoms with Gasteiger partial charge >= 0.3 is 0 Å². The lowest BCUT2D eigenvalue weighted by Crippen LogP contribution is -2.23. The summed E-state index contributed by atoms with van der Waals surface area (Å²) in [4.78, 5) is 19.8. The fourth-order valence-electron chi connectivity index (χ4n) is 2.83. The van der Waals surface area contributed by atoms with Crippen LogP contribution in [0.1, 0.15) is 23.1 Å². The highest BCUT2D eigenvalue weighted by molar-refractivity contribution is 9.10. The smallest absolute Gasteiger partial charge is 0.232 e.